The van der Waals surface area contributed by atoms with Gasteiger partial charge in [-0.25, -0.2) is 0 Å². The first-order valence-electron chi connectivity index (χ1n) is 4.09. The topological polar surface area (TPSA) is 43.1 Å². The maximum atomic E-state index is 10.6. The third-order valence-electron chi connectivity index (χ3n) is 1.44. The summed E-state index contributed by atoms with van der Waals surface area (Å²) in [4.78, 5) is 10.6. The van der Waals surface area contributed by atoms with Crippen molar-refractivity contribution in [3.05, 3.63) is 48.6 Å². The number of nitrogens with two attached hydrogens (primary N) is 1. The van der Waals surface area contributed by atoms with Crippen LogP contribution >= 0.6 is 0 Å². The predicted octanol–water partition coefficient (Wildman–Crippen LogP) is 2.11. The Balaban J connectivity index is 3.84. The second kappa shape index (κ2) is 7.10. The van der Waals surface area contributed by atoms with Gasteiger partial charge < -0.3 is 5.73 Å². The Morgan fingerprint density at radius 2 is 2.08 bits per heavy atom. The van der Waals surface area contributed by atoms with Gasteiger partial charge >= 0.3 is 0 Å². The van der Waals surface area contributed by atoms with Crippen LogP contribution in [-0.2, 0) is 4.79 Å². The Kier molecular flexibility index (Phi) is 6.24. The molecular weight excluding hydrogens is 162 g/mol. The van der Waals surface area contributed by atoms with E-state index in [9.17, 15) is 4.79 Å². The third kappa shape index (κ3) is 6.81. The molecule has 13 heavy (non-hydrogen) atoms. The van der Waals surface area contributed by atoms with E-state index in [2.05, 4.69) is 6.58 Å². The molecule has 0 fully saturated rings. The first kappa shape index (κ1) is 11.4. The highest BCUT2D eigenvalue weighted by molar-refractivity contribution is 5.91. The summed E-state index contributed by atoms with van der Waals surface area (Å²) >= 11 is 0. The van der Waals surface area contributed by atoms with Crippen molar-refractivity contribution < 1.29 is 4.79 Å². The molecule has 0 atom stereocenters. The van der Waals surface area contributed by atoms with Gasteiger partial charge in [-0.05, 0) is 13.3 Å². The van der Waals surface area contributed by atoms with E-state index in [1.807, 2.05) is 24.3 Å². The molecule has 0 aliphatic carbocycles. The number of primary amides is 1. The van der Waals surface area contributed by atoms with Crippen molar-refractivity contribution in [1.82, 2.24) is 0 Å². The van der Waals surface area contributed by atoms with Crippen LogP contribution in [0.15, 0.2) is 48.6 Å². The molecule has 0 aromatic carbocycles. The molecule has 0 unspecified atom stereocenters. The second-order valence-electron chi connectivity index (χ2n) is 2.54. The van der Waals surface area contributed by atoms with E-state index in [4.69, 9.17) is 5.73 Å². The molecule has 2 N–H and O–H groups in total. The van der Waals surface area contributed by atoms with Gasteiger partial charge in [0.1, 0.15) is 0 Å². The summed E-state index contributed by atoms with van der Waals surface area (Å²) in [6, 6.07) is 0. The van der Waals surface area contributed by atoms with Gasteiger partial charge in [-0.1, -0.05) is 43.0 Å². The summed E-state index contributed by atoms with van der Waals surface area (Å²) < 4.78 is 0. The fourth-order valence-corrected chi connectivity index (χ4v) is 0.645. The number of hydrogen-bond donors (Lipinski definition) is 1. The highest BCUT2D eigenvalue weighted by Crippen LogP contribution is 1.95. The highest BCUT2D eigenvalue weighted by atomic mass is 16.1. The molecule has 0 aliphatic heterocycles. The molecule has 0 saturated heterocycles. The minimum atomic E-state index is -0.366. The Morgan fingerprint density at radius 1 is 1.38 bits per heavy atom. The Bertz CT molecular complexity index is 259. The van der Waals surface area contributed by atoms with Crippen molar-refractivity contribution in [1.29, 1.82) is 0 Å². The number of allylic oxidation sites excluding steroid dienone is 6. The zero-order chi connectivity index (χ0) is 10.1. The summed E-state index contributed by atoms with van der Waals surface area (Å²) in [6.45, 7) is 5.24. The first-order chi connectivity index (χ1) is 6.18. The molecule has 2 nitrogen and oxygen atoms in total. The number of carbonyl (C=O) groups is 1. The number of carbonyl (C=O) groups excluding carboxylic acids is 1. The number of rotatable bonds is 5. The molecule has 0 bridgehead atoms. The van der Waals surface area contributed by atoms with Crippen LogP contribution in [0.5, 0.6) is 0 Å². The zero-order valence-corrected chi connectivity index (χ0v) is 7.86. The van der Waals surface area contributed by atoms with E-state index < -0.39 is 0 Å². The fourth-order valence-electron chi connectivity index (χ4n) is 0.645. The summed E-state index contributed by atoms with van der Waals surface area (Å²) in [5, 5.41) is 0. The van der Waals surface area contributed by atoms with Crippen LogP contribution in [0.1, 0.15) is 13.3 Å². The van der Waals surface area contributed by atoms with Gasteiger partial charge in [0, 0.05) is 5.57 Å². The summed E-state index contributed by atoms with van der Waals surface area (Å²) in [7, 11) is 0. The zero-order valence-electron chi connectivity index (χ0n) is 7.86. The minimum Gasteiger partial charge on any atom is -0.366 e. The normalized spacial score (nSPS) is 12.5. The largest absolute Gasteiger partial charge is 0.366 e. The quantitative estimate of drug-likeness (QED) is 0.507. The average Bonchev–Trinajstić information content (AvgIpc) is 2.10. The lowest BCUT2D eigenvalue weighted by Gasteiger charge is -1.90. The molecule has 0 aliphatic rings. The molecule has 0 rings (SSSR count). The minimum absolute atomic E-state index is 0.366. The van der Waals surface area contributed by atoms with E-state index in [-0.39, 0.29) is 5.91 Å². The summed E-state index contributed by atoms with van der Waals surface area (Å²) in [5.74, 6) is -0.366. The Hall–Kier alpha value is -1.57. The van der Waals surface area contributed by atoms with E-state index in [0.717, 1.165) is 6.42 Å². The monoisotopic (exact) mass is 177 g/mol. The van der Waals surface area contributed by atoms with Gasteiger partial charge in [0.25, 0.3) is 0 Å². The summed E-state index contributed by atoms with van der Waals surface area (Å²) in [6.07, 6.45) is 11.8. The van der Waals surface area contributed by atoms with Crippen LogP contribution in [0, 0.1) is 0 Å². The standard InChI is InChI=1S/C11H15NO/c1-3-4-5-6-7-8-9-10(2)11(12)13/h3-7,9H,1,8H2,2H3,(H2,12,13)/b5-4-,7-6-,10-9+. The maximum absolute atomic E-state index is 10.6. The maximum Gasteiger partial charge on any atom is 0.244 e. The van der Waals surface area contributed by atoms with E-state index in [1.165, 1.54) is 0 Å². The van der Waals surface area contributed by atoms with Crippen molar-refractivity contribution in [2.45, 2.75) is 13.3 Å². The van der Waals surface area contributed by atoms with Crippen molar-refractivity contribution in [2.24, 2.45) is 5.73 Å². The molecule has 0 radical (unpaired) electrons. The van der Waals surface area contributed by atoms with Crippen molar-refractivity contribution in [2.75, 3.05) is 0 Å². The Morgan fingerprint density at radius 3 is 2.62 bits per heavy atom. The smallest absolute Gasteiger partial charge is 0.244 e. The molecule has 0 spiro atoms. The fraction of sp³-hybridized carbons (Fsp3) is 0.182. The highest BCUT2D eigenvalue weighted by Gasteiger charge is 1.92. The van der Waals surface area contributed by atoms with Gasteiger partial charge in [-0.3, -0.25) is 4.79 Å². The van der Waals surface area contributed by atoms with Crippen LogP contribution in [0.2, 0.25) is 0 Å². The van der Waals surface area contributed by atoms with Gasteiger partial charge in [-0.15, -0.1) is 0 Å². The summed E-state index contributed by atoms with van der Waals surface area (Å²) in [5.41, 5.74) is 5.63. The van der Waals surface area contributed by atoms with Crippen LogP contribution < -0.4 is 5.73 Å². The average molecular weight is 177 g/mol. The predicted molar refractivity (Wildman–Crippen MR) is 56.0 cm³/mol. The van der Waals surface area contributed by atoms with Gasteiger partial charge in [0.05, 0.1) is 0 Å². The lowest BCUT2D eigenvalue weighted by Crippen LogP contribution is -2.11. The SMILES string of the molecule is C=C/C=C\C=C/C/C=C(\C)C(N)=O. The molecule has 0 heterocycles. The third-order valence-corrected chi connectivity index (χ3v) is 1.44. The van der Waals surface area contributed by atoms with Gasteiger partial charge in [-0.2, -0.15) is 0 Å². The molecule has 0 aromatic rings. The molecule has 70 valence electrons. The first-order valence-corrected chi connectivity index (χ1v) is 4.09. The molecule has 1 amide bonds. The van der Waals surface area contributed by atoms with Crippen LogP contribution in [0.3, 0.4) is 0 Å². The molecular formula is C11H15NO. The van der Waals surface area contributed by atoms with Crippen molar-refractivity contribution >= 4 is 5.91 Å². The van der Waals surface area contributed by atoms with E-state index >= 15 is 0 Å². The Labute approximate surface area is 79.1 Å². The molecule has 0 aromatic heterocycles. The van der Waals surface area contributed by atoms with Gasteiger partial charge in [0.15, 0.2) is 0 Å². The second-order valence-corrected chi connectivity index (χ2v) is 2.54. The van der Waals surface area contributed by atoms with Crippen LogP contribution in [0.4, 0.5) is 0 Å². The number of amides is 1. The molecule has 0 saturated carbocycles. The van der Waals surface area contributed by atoms with Crippen LogP contribution in [0.25, 0.3) is 0 Å². The van der Waals surface area contributed by atoms with Crippen LogP contribution in [-0.4, -0.2) is 5.91 Å². The lowest BCUT2D eigenvalue weighted by molar-refractivity contribution is -0.114. The number of hydrogen-bond acceptors (Lipinski definition) is 1. The van der Waals surface area contributed by atoms with E-state index in [1.54, 1.807) is 19.1 Å². The lowest BCUT2D eigenvalue weighted by atomic mass is 10.2. The van der Waals surface area contributed by atoms with Crippen molar-refractivity contribution in [3.8, 4) is 0 Å². The van der Waals surface area contributed by atoms with Crippen molar-refractivity contribution in [3.63, 3.8) is 0 Å². The molecule has 2 heteroatoms. The van der Waals surface area contributed by atoms with Gasteiger partial charge in [0.2, 0.25) is 5.91 Å². The van der Waals surface area contributed by atoms with E-state index in [0.29, 0.717) is 5.57 Å².